The summed E-state index contributed by atoms with van der Waals surface area (Å²) in [7, 11) is -2.82. The lowest BCUT2D eigenvalue weighted by Gasteiger charge is -2.34. The first kappa shape index (κ1) is 32.1. The Balaban J connectivity index is 1.26. The average molecular weight is 729 g/mol. The second kappa shape index (κ2) is 12.8. The highest BCUT2D eigenvalue weighted by Gasteiger charge is 2.42. The van der Waals surface area contributed by atoms with Crippen LogP contribution < -0.4 is 20.7 Å². The zero-order valence-electron chi connectivity index (χ0n) is 29.6. The summed E-state index contributed by atoms with van der Waals surface area (Å²) in [6, 6.07) is 68.7. The van der Waals surface area contributed by atoms with E-state index in [1.54, 1.807) is 0 Å². The van der Waals surface area contributed by atoms with Crippen LogP contribution in [0, 0.1) is 13.8 Å². The van der Waals surface area contributed by atoms with Gasteiger partial charge in [-0.15, -0.1) is 22.7 Å². The minimum absolute atomic E-state index is 1.31. The molecular formula is C50H36S2Si. The molecule has 0 nitrogen and oxygen atoms in total. The van der Waals surface area contributed by atoms with Gasteiger partial charge in [-0.1, -0.05) is 170 Å². The molecule has 0 amide bonds. The minimum Gasteiger partial charge on any atom is -0.135 e. The highest BCUT2D eigenvalue weighted by atomic mass is 32.1. The van der Waals surface area contributed by atoms with E-state index >= 15 is 0 Å². The predicted molar refractivity (Wildman–Crippen MR) is 236 cm³/mol. The fourth-order valence-electron chi connectivity index (χ4n) is 8.61. The normalized spacial score (nSPS) is 12.0. The summed E-state index contributed by atoms with van der Waals surface area (Å²) < 4.78 is 5.38. The lowest BCUT2D eigenvalue weighted by atomic mass is 9.99. The summed E-state index contributed by atoms with van der Waals surface area (Å²) in [5, 5.41) is 10.9. The van der Waals surface area contributed by atoms with Crippen LogP contribution in [0.4, 0.5) is 0 Å². The lowest BCUT2D eigenvalue weighted by Crippen LogP contribution is -2.74. The van der Waals surface area contributed by atoms with Crippen molar-refractivity contribution in [3.05, 3.63) is 193 Å². The van der Waals surface area contributed by atoms with Crippen LogP contribution in [-0.2, 0) is 0 Å². The van der Waals surface area contributed by atoms with Crippen LogP contribution in [0.25, 0.3) is 62.6 Å². The summed E-state index contributed by atoms with van der Waals surface area (Å²) in [6.07, 6.45) is 0. The molecule has 0 atom stereocenters. The van der Waals surface area contributed by atoms with Gasteiger partial charge in [-0.3, -0.25) is 0 Å². The van der Waals surface area contributed by atoms with Crippen molar-refractivity contribution in [3.63, 3.8) is 0 Å². The molecule has 2 aromatic heterocycles. The second-order valence-electron chi connectivity index (χ2n) is 14.1. The van der Waals surface area contributed by atoms with Crippen molar-refractivity contribution in [1.29, 1.82) is 0 Å². The molecule has 53 heavy (non-hydrogen) atoms. The van der Waals surface area contributed by atoms with Crippen molar-refractivity contribution in [3.8, 4) is 22.3 Å². The van der Waals surface area contributed by atoms with Crippen LogP contribution in [-0.4, -0.2) is 8.07 Å². The van der Waals surface area contributed by atoms with Crippen molar-refractivity contribution < 1.29 is 0 Å². The van der Waals surface area contributed by atoms with Gasteiger partial charge in [0.1, 0.15) is 0 Å². The Bertz CT molecular complexity index is 2770. The van der Waals surface area contributed by atoms with Gasteiger partial charge in [0.15, 0.2) is 8.07 Å². The molecule has 10 rings (SSSR count). The van der Waals surface area contributed by atoms with Crippen LogP contribution in [0.2, 0.25) is 0 Å². The third-order valence-corrected chi connectivity index (χ3v) is 18.3. The van der Waals surface area contributed by atoms with E-state index in [1.807, 2.05) is 22.7 Å². The van der Waals surface area contributed by atoms with E-state index in [-0.39, 0.29) is 0 Å². The Morgan fingerprint density at radius 2 is 0.717 bits per heavy atom. The van der Waals surface area contributed by atoms with Gasteiger partial charge in [0, 0.05) is 40.3 Å². The maximum atomic E-state index is 2.55. The van der Waals surface area contributed by atoms with E-state index in [1.165, 1.54) is 94.5 Å². The van der Waals surface area contributed by atoms with Gasteiger partial charge in [-0.25, -0.2) is 0 Å². The molecule has 0 aliphatic rings. The standard InChI is InChI=1S/C50H36S2Si/c1-33-15-9-11-21-39(33)41-23-13-25-43-45-31-37(27-29-47(45)51-49(41)43)53(35-17-5-3-6-18-35,36-19-7-4-8-20-36)38-28-30-48-46(32-38)44-26-14-24-42(50(44)52-48)40-22-12-10-16-34(40)2/h3-32H,1-2H3. The van der Waals surface area contributed by atoms with Gasteiger partial charge in [-0.2, -0.15) is 0 Å². The third-order valence-electron chi connectivity index (χ3n) is 11.1. The molecule has 8 aromatic carbocycles. The molecule has 0 aliphatic heterocycles. The molecule has 0 unspecified atom stereocenters. The second-order valence-corrected chi connectivity index (χ2v) is 20.0. The van der Waals surface area contributed by atoms with Crippen LogP contribution in [0.1, 0.15) is 11.1 Å². The maximum Gasteiger partial charge on any atom is 0.179 e. The molecule has 0 radical (unpaired) electrons. The van der Waals surface area contributed by atoms with Gasteiger partial charge in [0.05, 0.1) is 0 Å². The van der Waals surface area contributed by atoms with Crippen LogP contribution in [0.15, 0.2) is 182 Å². The topological polar surface area (TPSA) is 0 Å². The largest absolute Gasteiger partial charge is 0.179 e. The molecule has 0 aliphatic carbocycles. The first-order chi connectivity index (χ1) is 26.1. The highest BCUT2D eigenvalue weighted by Crippen LogP contribution is 2.42. The summed E-state index contributed by atoms with van der Waals surface area (Å²) >= 11 is 3.84. The van der Waals surface area contributed by atoms with E-state index < -0.39 is 8.07 Å². The first-order valence-corrected chi connectivity index (χ1v) is 21.9. The molecule has 0 saturated carbocycles. The summed E-state index contributed by atoms with van der Waals surface area (Å²) in [6.45, 7) is 4.44. The van der Waals surface area contributed by atoms with Crippen molar-refractivity contribution in [2.24, 2.45) is 0 Å². The highest BCUT2D eigenvalue weighted by molar-refractivity contribution is 7.27. The molecular weight excluding hydrogens is 693 g/mol. The van der Waals surface area contributed by atoms with Crippen LogP contribution >= 0.6 is 22.7 Å². The Morgan fingerprint density at radius 1 is 0.321 bits per heavy atom. The zero-order chi connectivity index (χ0) is 35.5. The molecule has 10 aromatic rings. The zero-order valence-corrected chi connectivity index (χ0v) is 32.3. The Labute approximate surface area is 319 Å². The van der Waals surface area contributed by atoms with Crippen LogP contribution in [0.5, 0.6) is 0 Å². The van der Waals surface area contributed by atoms with Gasteiger partial charge in [-0.05, 0) is 80.1 Å². The van der Waals surface area contributed by atoms with Gasteiger partial charge >= 0.3 is 0 Å². The van der Waals surface area contributed by atoms with Crippen molar-refractivity contribution in [1.82, 2.24) is 0 Å². The first-order valence-electron chi connectivity index (χ1n) is 18.3. The predicted octanol–water partition coefficient (Wildman–Crippen LogP) is 11.8. The number of aryl methyl sites for hydroxylation is 2. The van der Waals surface area contributed by atoms with Gasteiger partial charge in [0.25, 0.3) is 0 Å². The smallest absolute Gasteiger partial charge is 0.135 e. The molecule has 0 N–H and O–H groups in total. The maximum absolute atomic E-state index is 2.82. The van der Waals surface area contributed by atoms with E-state index in [4.69, 9.17) is 0 Å². The quantitative estimate of drug-likeness (QED) is 0.118. The van der Waals surface area contributed by atoms with Gasteiger partial charge in [0.2, 0.25) is 0 Å². The van der Waals surface area contributed by atoms with E-state index in [2.05, 4.69) is 196 Å². The van der Waals surface area contributed by atoms with Crippen LogP contribution in [0.3, 0.4) is 0 Å². The van der Waals surface area contributed by atoms with Crippen molar-refractivity contribution in [2.75, 3.05) is 0 Å². The number of hydrogen-bond donors (Lipinski definition) is 0. The SMILES string of the molecule is Cc1ccccc1-c1cccc2c1sc1ccc([Si](c3ccccc3)(c3ccccc3)c3ccc4sc5c(-c6ccccc6C)cccc5c4c3)cc12. The third kappa shape index (κ3) is 5.07. The molecule has 0 fully saturated rings. The van der Waals surface area contributed by atoms with E-state index in [0.717, 1.165) is 0 Å². The molecule has 0 saturated heterocycles. The molecule has 3 heteroatoms. The number of benzene rings is 8. The molecule has 2 heterocycles. The Morgan fingerprint density at radius 3 is 1.15 bits per heavy atom. The Hall–Kier alpha value is -5.58. The lowest BCUT2D eigenvalue weighted by molar-refractivity contribution is 1.47. The van der Waals surface area contributed by atoms with Crippen molar-refractivity contribution >= 4 is 91.8 Å². The monoisotopic (exact) mass is 728 g/mol. The number of fused-ring (bicyclic) bond motifs is 6. The van der Waals surface area contributed by atoms with E-state index in [0.29, 0.717) is 0 Å². The number of thiophene rings is 2. The Kier molecular flexibility index (Phi) is 7.76. The number of hydrogen-bond acceptors (Lipinski definition) is 2. The molecule has 252 valence electrons. The van der Waals surface area contributed by atoms with Gasteiger partial charge < -0.3 is 0 Å². The molecule has 0 spiro atoms. The minimum atomic E-state index is -2.82. The summed E-state index contributed by atoms with van der Waals surface area (Å²) in [4.78, 5) is 0. The van der Waals surface area contributed by atoms with Crippen molar-refractivity contribution in [2.45, 2.75) is 13.8 Å². The van der Waals surface area contributed by atoms with E-state index in [9.17, 15) is 0 Å². The fraction of sp³-hybridized carbons (Fsp3) is 0.0400. The number of rotatable bonds is 6. The fourth-order valence-corrected chi connectivity index (χ4v) is 15.8. The molecule has 0 bridgehead atoms. The summed E-state index contributed by atoms with van der Waals surface area (Å²) in [5.74, 6) is 0. The average Bonchev–Trinajstić information content (AvgIpc) is 3.78. The summed E-state index contributed by atoms with van der Waals surface area (Å²) in [5.41, 5.74) is 7.86.